The number of para-hydroxylation sites is 5. The Bertz CT molecular complexity index is 5090. The van der Waals surface area contributed by atoms with Gasteiger partial charge in [0.2, 0.25) is 0 Å². The van der Waals surface area contributed by atoms with Crippen LogP contribution in [0.25, 0.3) is 0 Å². The van der Waals surface area contributed by atoms with Crippen LogP contribution in [0.15, 0.2) is 224 Å². The van der Waals surface area contributed by atoms with Gasteiger partial charge in [0.1, 0.15) is 58.3 Å². The smallest absolute Gasteiger partial charge is 0.323 e. The Balaban J connectivity index is 0.000000122. The van der Waals surface area contributed by atoms with Crippen molar-refractivity contribution < 1.29 is 47.7 Å². The zero-order chi connectivity index (χ0) is 73.1. The van der Waals surface area contributed by atoms with E-state index in [0.29, 0.717) is 0 Å². The van der Waals surface area contributed by atoms with Gasteiger partial charge in [0, 0.05) is 33.2 Å². The van der Waals surface area contributed by atoms with E-state index in [1.165, 1.54) is 38.9 Å². The summed E-state index contributed by atoms with van der Waals surface area (Å²) in [6.07, 6.45) is 2.01. The molecule has 0 fully saturated rings. The number of rotatable bonds is 9. The third-order valence-electron chi connectivity index (χ3n) is 20.8. The molecule has 5 unspecified atom stereocenters. The number of hydrogen-bond acceptors (Lipinski definition) is 10. The first-order valence-corrected chi connectivity index (χ1v) is 35.5. The summed E-state index contributed by atoms with van der Waals surface area (Å²) in [5, 5.41) is 0. The molecule has 0 bridgehead atoms. The van der Waals surface area contributed by atoms with Gasteiger partial charge in [-0.15, -0.1) is 0 Å². The second-order valence-electron chi connectivity index (χ2n) is 28.1. The van der Waals surface area contributed by atoms with Crippen molar-refractivity contribution in [1.82, 2.24) is 0 Å². The Kier molecular flexibility index (Phi) is 21.0. The first-order chi connectivity index (χ1) is 49.5. The minimum Gasteiger partial charge on any atom is -0.425 e. The largest absolute Gasteiger partial charge is 0.425 e. The molecule has 0 radical (unpaired) electrons. The fourth-order valence-corrected chi connectivity index (χ4v) is 15.0. The van der Waals surface area contributed by atoms with Crippen molar-refractivity contribution in [3.63, 3.8) is 0 Å². The van der Waals surface area contributed by atoms with Gasteiger partial charge in [-0.3, -0.25) is 24.0 Å². The lowest BCUT2D eigenvalue weighted by atomic mass is 9.73. The first-order valence-electron chi connectivity index (χ1n) is 35.5. The molecule has 11 aromatic rings. The highest BCUT2D eigenvalue weighted by atomic mass is 16.6. The number of ether oxygens (including phenoxy) is 5. The number of carbonyl (C=O) groups excluding carboxylic acids is 5. The molecule has 5 aliphatic rings. The van der Waals surface area contributed by atoms with Gasteiger partial charge in [-0.05, 0) is 177 Å². The molecule has 5 atom stereocenters. The minimum absolute atomic E-state index is 0.161. The topological polar surface area (TPSA) is 132 Å². The molecule has 103 heavy (non-hydrogen) atoms. The summed E-state index contributed by atoms with van der Waals surface area (Å²) in [7, 11) is 0. The van der Waals surface area contributed by atoms with Gasteiger partial charge >= 0.3 is 29.8 Å². The van der Waals surface area contributed by atoms with Crippen LogP contribution in [0.5, 0.6) is 28.7 Å². The highest BCUT2D eigenvalue weighted by molar-refractivity contribution is 5.94. The lowest BCUT2D eigenvalue weighted by Crippen LogP contribution is -2.23. The summed E-state index contributed by atoms with van der Waals surface area (Å²) in [4.78, 5) is 61.6. The molecule has 0 aromatic heterocycles. The first kappa shape index (κ1) is 71.6. The van der Waals surface area contributed by atoms with E-state index in [1.807, 2.05) is 206 Å². The van der Waals surface area contributed by atoms with Crippen LogP contribution in [0.3, 0.4) is 0 Å². The van der Waals surface area contributed by atoms with Gasteiger partial charge in [0.05, 0.1) is 0 Å². The number of aryl methyl sites for hydroxylation is 11. The molecule has 0 aliphatic carbocycles. The fourth-order valence-electron chi connectivity index (χ4n) is 15.0. The average Bonchev–Trinajstić information content (AvgIpc) is 1.70. The lowest BCUT2D eigenvalue weighted by molar-refractivity contribution is -0.134. The maximum atomic E-state index is 12.8. The predicted molar refractivity (Wildman–Crippen MR) is 407 cm³/mol. The van der Waals surface area contributed by atoms with E-state index < -0.39 is 0 Å². The molecular formula is C93H88O10. The van der Waals surface area contributed by atoms with Crippen LogP contribution in [0, 0.1) is 69.2 Å². The van der Waals surface area contributed by atoms with Crippen molar-refractivity contribution >= 4 is 29.8 Å². The van der Waals surface area contributed by atoms with E-state index in [-0.39, 0.29) is 64.9 Å². The molecule has 5 heterocycles. The monoisotopic (exact) mass is 1360 g/mol. The fraction of sp³-hybridized carbons (Fsp3) is 0.237. The molecule has 520 valence electrons. The van der Waals surface area contributed by atoms with Gasteiger partial charge in [-0.2, -0.15) is 0 Å². The maximum Gasteiger partial charge on any atom is 0.323 e. The molecule has 0 saturated carbocycles. The zero-order valence-electron chi connectivity index (χ0n) is 61.2. The Labute approximate surface area is 605 Å². The van der Waals surface area contributed by atoms with Crippen molar-refractivity contribution in [2.75, 3.05) is 0 Å². The third-order valence-corrected chi connectivity index (χ3v) is 20.8. The van der Waals surface area contributed by atoms with E-state index in [0.717, 1.165) is 136 Å². The van der Waals surface area contributed by atoms with Crippen LogP contribution in [0.2, 0.25) is 0 Å². The van der Waals surface area contributed by atoms with Crippen molar-refractivity contribution in [3.8, 4) is 28.7 Å². The van der Waals surface area contributed by atoms with E-state index in [4.69, 9.17) is 23.7 Å². The standard InChI is InChI=1S/C24H22O2.C19H20O2.2C17H16O2.C16H14O2/c1-16-10-9-14-19-21(23(25)26-22(16)19)18-13-7-8-15-20(18)24(2,3)17-11-5-4-6-12-17;1-4-13-9-10-15(11-14(13)5-2)17-16-8-6-7-12(3)18(16)21-19(17)20;1-10-6-4-8-13(12(10)3)15-14-9-5-7-11(2)16(14)19-17(15)18;1-10-7-8-13(12(3)9-10)15-14-6-4-5-11(2)16(14)19-17(15)18;1-10-6-8-12(9-7-10)14-13-5-3-4-11(2)15(13)18-16(14)17/h4-15,21H,1-3H3;6-11,17H,4-5H2,1-3H3;2*4-9,15H,1-3H3;3-9,14H,1-2H3. The van der Waals surface area contributed by atoms with Crippen LogP contribution < -0.4 is 23.7 Å². The number of carbonyl (C=O) groups is 5. The quantitative estimate of drug-likeness (QED) is 0.102. The second kappa shape index (κ2) is 30.1. The molecule has 0 saturated heterocycles. The molecule has 10 heteroatoms. The lowest BCUT2D eigenvalue weighted by Gasteiger charge is -2.29. The van der Waals surface area contributed by atoms with Gasteiger partial charge in [0.15, 0.2) is 0 Å². The Morgan fingerprint density at radius 3 is 1.08 bits per heavy atom. The molecule has 5 aliphatic heterocycles. The second-order valence-corrected chi connectivity index (χ2v) is 28.1. The average molecular weight is 1370 g/mol. The predicted octanol–water partition coefficient (Wildman–Crippen LogP) is 20.2. The van der Waals surface area contributed by atoms with Crippen molar-refractivity contribution in [1.29, 1.82) is 0 Å². The van der Waals surface area contributed by atoms with Crippen molar-refractivity contribution in [2.24, 2.45) is 0 Å². The normalized spacial score (nSPS) is 16.9. The van der Waals surface area contributed by atoms with Gasteiger partial charge in [0.25, 0.3) is 0 Å². The molecule has 0 spiro atoms. The number of esters is 5. The molecule has 0 N–H and O–H groups in total. The Morgan fingerprint density at radius 1 is 0.282 bits per heavy atom. The summed E-state index contributed by atoms with van der Waals surface area (Å²) in [6.45, 7) is 28.9. The van der Waals surface area contributed by atoms with E-state index in [9.17, 15) is 24.0 Å². The molecular weight excluding hydrogens is 1280 g/mol. The summed E-state index contributed by atoms with van der Waals surface area (Å²) in [5.41, 5.74) is 25.8. The summed E-state index contributed by atoms with van der Waals surface area (Å²) >= 11 is 0. The highest BCUT2D eigenvalue weighted by Crippen LogP contribution is 2.48. The Morgan fingerprint density at radius 2 is 0.631 bits per heavy atom. The van der Waals surface area contributed by atoms with Crippen LogP contribution in [0.1, 0.15) is 191 Å². The van der Waals surface area contributed by atoms with Crippen LogP contribution in [0.4, 0.5) is 0 Å². The summed E-state index contributed by atoms with van der Waals surface area (Å²) in [5.74, 6) is 1.29. The van der Waals surface area contributed by atoms with Gasteiger partial charge in [-0.25, -0.2) is 0 Å². The third kappa shape index (κ3) is 14.3. The molecule has 10 nitrogen and oxygen atoms in total. The number of hydrogen-bond donors (Lipinski definition) is 0. The van der Waals surface area contributed by atoms with Gasteiger partial charge in [-0.1, -0.05) is 263 Å². The van der Waals surface area contributed by atoms with Crippen LogP contribution >= 0.6 is 0 Å². The zero-order valence-corrected chi connectivity index (χ0v) is 61.2. The van der Waals surface area contributed by atoms with E-state index in [1.54, 1.807) is 0 Å². The van der Waals surface area contributed by atoms with Crippen molar-refractivity contribution in [2.45, 2.75) is 145 Å². The Hall–Kier alpha value is -11.2. The highest BCUT2D eigenvalue weighted by Gasteiger charge is 2.42. The van der Waals surface area contributed by atoms with Crippen molar-refractivity contribution in [3.05, 3.63) is 358 Å². The van der Waals surface area contributed by atoms with E-state index >= 15 is 0 Å². The molecule has 0 amide bonds. The SMILES string of the molecule is CCc1ccc(C2C(=O)Oc3c(C)cccc32)cc1CC.Cc1ccc(C2C(=O)Oc3c(C)cccc32)c(C)c1.Cc1ccc(C2C(=O)Oc3c(C)cccc32)cc1.Cc1cccc(C2C(=O)Oc3c(C)cccc32)c1C.Cc1cccc2c1OC(=O)C2c1ccccc1C(C)(C)c1ccccc1. The summed E-state index contributed by atoms with van der Waals surface area (Å²) in [6, 6.07) is 75.1. The maximum absolute atomic E-state index is 12.8. The number of fused-ring (bicyclic) bond motifs is 5. The van der Waals surface area contributed by atoms with Crippen LogP contribution in [-0.2, 0) is 42.2 Å². The molecule has 16 rings (SSSR count). The molecule has 11 aromatic carbocycles. The van der Waals surface area contributed by atoms with E-state index in [2.05, 4.69) is 115 Å². The summed E-state index contributed by atoms with van der Waals surface area (Å²) < 4.78 is 27.4. The van der Waals surface area contributed by atoms with Gasteiger partial charge < -0.3 is 23.7 Å². The minimum atomic E-state index is -0.371. The van der Waals surface area contributed by atoms with Crippen LogP contribution in [-0.4, -0.2) is 29.8 Å². The number of benzene rings is 11.